The van der Waals surface area contributed by atoms with Gasteiger partial charge in [-0.25, -0.2) is 0 Å². The van der Waals surface area contributed by atoms with Crippen LogP contribution in [0, 0.1) is 11.8 Å². The quantitative estimate of drug-likeness (QED) is 0.197. The Balaban J connectivity index is 1.62. The summed E-state index contributed by atoms with van der Waals surface area (Å²) < 4.78 is 0. The summed E-state index contributed by atoms with van der Waals surface area (Å²) in [5, 5.41) is 48.5. The number of nitrogens with zero attached hydrogens (tertiary/aromatic N) is 3. The minimum Gasteiger partial charge on any atom is -0.508 e. The number of aromatic hydroxyl groups is 1. The third-order valence-electron chi connectivity index (χ3n) is 9.27. The molecule has 2 amide bonds. The van der Waals surface area contributed by atoms with Gasteiger partial charge in [0.05, 0.1) is 23.8 Å². The normalized spacial score (nSPS) is 27.5. The molecule has 4 atom stereocenters. The SMILES string of the molecule is CN(C)c1cc(NC(=O)CN2CCCCC2)c(O)c2c1C[C@H]1C[C@H]3[C@H](N(C)C)C(=O)C(C(N)=O)=C(O)[C@@]3(O)C(=O)C1=C2O. The average molecular weight is 598 g/mol. The van der Waals surface area contributed by atoms with Gasteiger partial charge in [0.25, 0.3) is 5.91 Å². The number of likely N-dealkylation sites (N-methyl/N-ethyl adjacent to an activating group) is 1. The maximum atomic E-state index is 14.1. The zero-order valence-corrected chi connectivity index (χ0v) is 24.8. The van der Waals surface area contributed by atoms with Crippen LogP contribution < -0.4 is 16.0 Å². The van der Waals surface area contributed by atoms with E-state index in [1.807, 2.05) is 4.90 Å². The van der Waals surface area contributed by atoms with Gasteiger partial charge >= 0.3 is 0 Å². The summed E-state index contributed by atoms with van der Waals surface area (Å²) in [5.74, 6) is -7.56. The van der Waals surface area contributed by atoms with Gasteiger partial charge in [0, 0.05) is 31.3 Å². The zero-order valence-electron chi connectivity index (χ0n) is 24.8. The maximum Gasteiger partial charge on any atom is 0.255 e. The molecule has 1 saturated carbocycles. The van der Waals surface area contributed by atoms with E-state index in [1.165, 1.54) is 4.90 Å². The van der Waals surface area contributed by atoms with E-state index in [0.29, 0.717) is 11.3 Å². The number of nitrogens with two attached hydrogens (primary N) is 1. The molecular weight excluding hydrogens is 558 g/mol. The lowest BCUT2D eigenvalue weighted by molar-refractivity contribution is -0.153. The number of amides is 2. The molecule has 3 aliphatic carbocycles. The topological polar surface area (TPSA) is 197 Å². The summed E-state index contributed by atoms with van der Waals surface area (Å²) >= 11 is 0. The molecular formula is C30H39N5O8. The molecule has 0 aromatic heterocycles. The van der Waals surface area contributed by atoms with E-state index in [-0.39, 0.29) is 42.1 Å². The third kappa shape index (κ3) is 4.75. The summed E-state index contributed by atoms with van der Waals surface area (Å²) in [4.78, 5) is 57.7. The number of anilines is 2. The second kappa shape index (κ2) is 11.0. The van der Waals surface area contributed by atoms with E-state index < -0.39 is 63.8 Å². The van der Waals surface area contributed by atoms with Crippen LogP contribution in [0.2, 0.25) is 0 Å². The largest absolute Gasteiger partial charge is 0.508 e. The average Bonchev–Trinajstić information content (AvgIpc) is 2.92. The summed E-state index contributed by atoms with van der Waals surface area (Å²) in [7, 11) is 6.64. The standard InChI is InChI=1S/C30H39N5O8/c1-33(2)18-12-17(32-19(36)13-35-8-6-5-7-9-35)24(37)21-15(18)10-14-11-16-23(34(3)4)26(39)22(29(31)42)28(41)30(16,43)27(40)20(14)25(21)38/h12,14,16,23,37-38,41,43H,5-11,13H2,1-4H3,(H2,31,42)(H,32,36)/t14-,16-,23-,30-/m0/s1. The van der Waals surface area contributed by atoms with E-state index in [9.17, 15) is 39.6 Å². The van der Waals surface area contributed by atoms with Crippen molar-refractivity contribution >= 4 is 40.5 Å². The monoisotopic (exact) mass is 597 g/mol. The van der Waals surface area contributed by atoms with E-state index in [1.54, 1.807) is 39.2 Å². The summed E-state index contributed by atoms with van der Waals surface area (Å²) in [6.07, 6.45) is 3.26. The highest BCUT2D eigenvalue weighted by Gasteiger charge is 2.64. The molecule has 2 fully saturated rings. The molecule has 1 aliphatic heterocycles. The first kappa shape index (κ1) is 30.5. The van der Waals surface area contributed by atoms with Crippen LogP contribution in [-0.4, -0.2) is 113 Å². The molecule has 1 aromatic rings. The highest BCUT2D eigenvalue weighted by atomic mass is 16.3. The highest BCUT2D eigenvalue weighted by molar-refractivity contribution is 6.24. The molecule has 5 rings (SSSR count). The van der Waals surface area contributed by atoms with Gasteiger partial charge in [-0.1, -0.05) is 6.42 Å². The van der Waals surface area contributed by atoms with Crippen molar-refractivity contribution in [2.75, 3.05) is 58.0 Å². The number of benzene rings is 1. The number of phenolic OH excluding ortho intramolecular Hbond substituents is 1. The Kier molecular flexibility index (Phi) is 7.78. The molecule has 0 unspecified atom stereocenters. The Labute approximate surface area is 249 Å². The molecule has 13 nitrogen and oxygen atoms in total. The Bertz CT molecular complexity index is 1470. The number of carbonyl (C=O) groups is 4. The van der Waals surface area contributed by atoms with E-state index in [0.717, 1.165) is 32.4 Å². The second-order valence-corrected chi connectivity index (χ2v) is 12.4. The van der Waals surface area contributed by atoms with Crippen LogP contribution in [0.4, 0.5) is 11.4 Å². The number of nitrogens with one attached hydrogen (secondary N) is 1. The number of ketones is 2. The number of hydrogen-bond donors (Lipinski definition) is 6. The van der Waals surface area contributed by atoms with Crippen molar-refractivity contribution in [3.63, 3.8) is 0 Å². The first-order valence-corrected chi connectivity index (χ1v) is 14.4. The minimum absolute atomic E-state index is 0.00624. The fourth-order valence-corrected chi connectivity index (χ4v) is 7.30. The number of primary amides is 1. The van der Waals surface area contributed by atoms with Crippen LogP contribution in [0.15, 0.2) is 23.0 Å². The van der Waals surface area contributed by atoms with Crippen LogP contribution in [0.3, 0.4) is 0 Å². The van der Waals surface area contributed by atoms with Crippen molar-refractivity contribution in [2.24, 2.45) is 17.6 Å². The number of Topliss-reactive ketones (excluding diaryl/α,β-unsaturated/α-hetero) is 2. The predicted molar refractivity (Wildman–Crippen MR) is 157 cm³/mol. The van der Waals surface area contributed by atoms with Crippen molar-refractivity contribution in [3.05, 3.63) is 34.1 Å². The lowest BCUT2D eigenvalue weighted by atomic mass is 9.57. The Morgan fingerprint density at radius 2 is 1.74 bits per heavy atom. The molecule has 4 aliphatic rings. The predicted octanol–water partition coefficient (Wildman–Crippen LogP) is 0.454. The van der Waals surface area contributed by atoms with E-state index >= 15 is 0 Å². The van der Waals surface area contributed by atoms with Crippen LogP contribution in [0.25, 0.3) is 5.76 Å². The summed E-state index contributed by atoms with van der Waals surface area (Å²) in [6, 6.07) is 0.457. The lowest BCUT2D eigenvalue weighted by Crippen LogP contribution is -2.65. The number of likely N-dealkylation sites (tertiary alicyclic amines) is 1. The van der Waals surface area contributed by atoms with Gasteiger partial charge in [0.2, 0.25) is 11.7 Å². The molecule has 0 radical (unpaired) electrons. The van der Waals surface area contributed by atoms with Crippen molar-refractivity contribution in [1.82, 2.24) is 9.80 Å². The smallest absolute Gasteiger partial charge is 0.255 e. The van der Waals surface area contributed by atoms with Crippen molar-refractivity contribution < 1.29 is 39.6 Å². The number of aliphatic hydroxyl groups is 3. The van der Waals surface area contributed by atoms with Gasteiger partial charge in [0.1, 0.15) is 22.8 Å². The fraction of sp³-hybridized carbons (Fsp3) is 0.533. The molecule has 0 spiro atoms. The van der Waals surface area contributed by atoms with Gasteiger partial charge in [-0.15, -0.1) is 0 Å². The van der Waals surface area contributed by atoms with Crippen molar-refractivity contribution in [3.8, 4) is 5.75 Å². The van der Waals surface area contributed by atoms with Gasteiger partial charge in [-0.2, -0.15) is 0 Å². The molecule has 232 valence electrons. The molecule has 1 saturated heterocycles. The summed E-state index contributed by atoms with van der Waals surface area (Å²) in [6.45, 7) is 1.73. The highest BCUT2D eigenvalue weighted by Crippen LogP contribution is 2.54. The number of carbonyl (C=O) groups excluding carboxylic acids is 4. The van der Waals surface area contributed by atoms with Crippen LogP contribution in [0.1, 0.15) is 36.8 Å². The molecule has 0 bridgehead atoms. The van der Waals surface area contributed by atoms with E-state index in [4.69, 9.17) is 5.73 Å². The fourth-order valence-electron chi connectivity index (χ4n) is 7.30. The van der Waals surface area contributed by atoms with Gasteiger partial charge in [0.15, 0.2) is 11.4 Å². The number of piperidine rings is 1. The summed E-state index contributed by atoms with van der Waals surface area (Å²) in [5.41, 5.74) is 2.63. The zero-order chi connectivity index (χ0) is 31.5. The Morgan fingerprint density at radius 3 is 2.33 bits per heavy atom. The van der Waals surface area contributed by atoms with Crippen LogP contribution in [-0.2, 0) is 25.6 Å². The first-order valence-electron chi connectivity index (χ1n) is 14.4. The Morgan fingerprint density at radius 1 is 1.09 bits per heavy atom. The Hall–Kier alpha value is -3.94. The number of rotatable bonds is 6. The number of hydrogen-bond acceptors (Lipinski definition) is 11. The third-order valence-corrected chi connectivity index (χ3v) is 9.27. The molecule has 13 heteroatoms. The van der Waals surface area contributed by atoms with Gasteiger partial charge in [-0.3, -0.25) is 29.0 Å². The van der Waals surface area contributed by atoms with Crippen molar-refractivity contribution in [1.29, 1.82) is 0 Å². The molecule has 43 heavy (non-hydrogen) atoms. The van der Waals surface area contributed by atoms with Gasteiger partial charge in [-0.05, 0) is 70.4 Å². The minimum atomic E-state index is -2.72. The van der Waals surface area contributed by atoms with E-state index in [2.05, 4.69) is 5.32 Å². The van der Waals surface area contributed by atoms with Gasteiger partial charge < -0.3 is 36.4 Å². The first-order chi connectivity index (χ1) is 20.2. The number of fused-ring (bicyclic) bond motifs is 3. The second-order valence-electron chi connectivity index (χ2n) is 12.4. The number of phenols is 1. The van der Waals surface area contributed by atoms with Crippen LogP contribution in [0.5, 0.6) is 5.75 Å². The van der Waals surface area contributed by atoms with Crippen molar-refractivity contribution in [2.45, 2.75) is 43.7 Å². The molecule has 1 heterocycles. The molecule has 1 aromatic carbocycles. The molecule has 7 N–H and O–H groups in total. The maximum absolute atomic E-state index is 14.1. The number of aliphatic hydroxyl groups excluding tert-OH is 2. The van der Waals surface area contributed by atoms with Crippen LogP contribution >= 0.6 is 0 Å². The lowest BCUT2D eigenvalue weighted by Gasteiger charge is -2.50.